The van der Waals surface area contributed by atoms with Crippen LogP contribution in [0.1, 0.15) is 0 Å². The highest BCUT2D eigenvalue weighted by atomic mass is 35.6. The molecule has 0 spiro atoms. The molecule has 0 amide bonds. The summed E-state index contributed by atoms with van der Waals surface area (Å²) in [4.78, 5) is 0. The van der Waals surface area contributed by atoms with Crippen molar-refractivity contribution in [1.82, 2.24) is 0 Å². The number of halogens is 3. The van der Waals surface area contributed by atoms with Crippen LogP contribution in [0.15, 0.2) is 0 Å². The summed E-state index contributed by atoms with van der Waals surface area (Å²) in [6.07, 6.45) is 0. The molecule has 0 N–H and O–H groups in total. The van der Waals surface area contributed by atoms with Crippen LogP contribution in [0.5, 0.6) is 0 Å². The SMILES string of the molecule is [O-]C(Cl)(Cl)Cl. The van der Waals surface area contributed by atoms with E-state index in [0.29, 0.717) is 0 Å². The average molecular weight is 134 g/mol. The molecule has 0 saturated heterocycles. The second-order valence-corrected chi connectivity index (χ2v) is 2.62. The molecule has 0 aromatic carbocycles. The molecule has 0 unspecified atom stereocenters. The van der Waals surface area contributed by atoms with Crippen LogP contribution in [0.3, 0.4) is 0 Å². The first-order valence-corrected chi connectivity index (χ1v) is 1.90. The van der Waals surface area contributed by atoms with Crippen molar-refractivity contribution in [3.63, 3.8) is 0 Å². The van der Waals surface area contributed by atoms with Gasteiger partial charge < -0.3 is 5.11 Å². The third kappa shape index (κ3) is 56.2. The minimum absolute atomic E-state index is 2.33. The van der Waals surface area contributed by atoms with Crippen LogP contribution in [0.4, 0.5) is 0 Å². The summed E-state index contributed by atoms with van der Waals surface area (Å²) in [7, 11) is 0. The third-order valence-electron chi connectivity index (χ3n) is 0. The van der Waals surface area contributed by atoms with E-state index in [0.717, 1.165) is 0 Å². The quantitative estimate of drug-likeness (QED) is 0.447. The molecule has 0 saturated carbocycles. The Kier molecular flexibility index (Phi) is 1.77. The van der Waals surface area contributed by atoms with Crippen LogP contribution in [0.25, 0.3) is 0 Å². The van der Waals surface area contributed by atoms with Gasteiger partial charge >= 0.3 is 0 Å². The highest BCUT2D eigenvalue weighted by Gasteiger charge is 1.95. The maximum absolute atomic E-state index is 9.40. The monoisotopic (exact) mass is 133 g/mol. The molecule has 0 fully saturated rings. The van der Waals surface area contributed by atoms with Gasteiger partial charge in [-0.2, -0.15) is 0 Å². The summed E-state index contributed by atoms with van der Waals surface area (Å²) < 4.78 is -2.33. The van der Waals surface area contributed by atoms with Gasteiger partial charge in [-0.3, -0.25) is 0 Å². The van der Waals surface area contributed by atoms with Gasteiger partial charge in [0.25, 0.3) is 0 Å². The zero-order chi connectivity index (χ0) is 4.50. The lowest BCUT2D eigenvalue weighted by Gasteiger charge is -2.12. The van der Waals surface area contributed by atoms with Crippen molar-refractivity contribution in [2.45, 2.75) is 3.98 Å². The molecule has 0 atom stereocenters. The predicted molar refractivity (Wildman–Crippen MR) is 20.3 cm³/mol. The van der Waals surface area contributed by atoms with Gasteiger partial charge in [-0.05, 0) is 0 Å². The average Bonchev–Trinajstić information content (AvgIpc) is 0.722. The first-order valence-electron chi connectivity index (χ1n) is 0.771. The first-order chi connectivity index (χ1) is 2.00. The first kappa shape index (κ1) is 5.83. The van der Waals surface area contributed by atoms with Gasteiger partial charge in [0.2, 0.25) is 0 Å². The summed E-state index contributed by atoms with van der Waals surface area (Å²) in [6, 6.07) is 0. The van der Waals surface area contributed by atoms with Crippen LogP contribution in [-0.4, -0.2) is 3.98 Å². The number of hydrogen-bond donors (Lipinski definition) is 0. The van der Waals surface area contributed by atoms with E-state index in [2.05, 4.69) is 34.8 Å². The molecule has 0 aromatic rings. The summed E-state index contributed by atoms with van der Waals surface area (Å²) in [5.41, 5.74) is 0. The summed E-state index contributed by atoms with van der Waals surface area (Å²) in [5.74, 6) is 0. The Morgan fingerprint density at radius 1 is 1.20 bits per heavy atom. The number of alkyl halides is 3. The highest BCUT2D eigenvalue weighted by molar-refractivity contribution is 6.65. The Hall–Kier alpha value is 0.830. The lowest BCUT2D eigenvalue weighted by Crippen LogP contribution is -2.21. The van der Waals surface area contributed by atoms with E-state index in [1.165, 1.54) is 0 Å². The van der Waals surface area contributed by atoms with E-state index in [1.54, 1.807) is 0 Å². The fraction of sp³-hybridized carbons (Fsp3) is 1.00. The van der Waals surface area contributed by atoms with Crippen molar-refractivity contribution in [3.8, 4) is 0 Å². The van der Waals surface area contributed by atoms with Gasteiger partial charge in [0.15, 0.2) is 0 Å². The van der Waals surface area contributed by atoms with Crippen LogP contribution < -0.4 is 5.11 Å². The van der Waals surface area contributed by atoms with E-state index in [4.69, 9.17) is 0 Å². The fourth-order valence-corrected chi connectivity index (χ4v) is 0. The molecule has 0 aliphatic rings. The van der Waals surface area contributed by atoms with Crippen molar-refractivity contribution in [3.05, 3.63) is 0 Å². The summed E-state index contributed by atoms with van der Waals surface area (Å²) in [6.45, 7) is 0. The van der Waals surface area contributed by atoms with E-state index < -0.39 is 3.98 Å². The Morgan fingerprint density at radius 2 is 1.20 bits per heavy atom. The maximum Gasteiger partial charge on any atom is 0.123 e. The molecular formula is CCl3O-. The van der Waals surface area contributed by atoms with Gasteiger partial charge in [-0.25, -0.2) is 0 Å². The minimum atomic E-state index is -2.33. The van der Waals surface area contributed by atoms with Gasteiger partial charge in [-0.15, -0.1) is 34.8 Å². The second kappa shape index (κ2) is 1.52. The van der Waals surface area contributed by atoms with E-state index >= 15 is 0 Å². The van der Waals surface area contributed by atoms with E-state index in [1.807, 2.05) is 0 Å². The molecule has 32 valence electrons. The lowest BCUT2D eigenvalue weighted by molar-refractivity contribution is -0.380. The van der Waals surface area contributed by atoms with Crippen molar-refractivity contribution >= 4 is 34.8 Å². The van der Waals surface area contributed by atoms with Crippen molar-refractivity contribution in [2.75, 3.05) is 0 Å². The Labute approximate surface area is 44.4 Å². The zero-order valence-corrected chi connectivity index (χ0v) is 4.31. The normalized spacial score (nSPS) is 12.0. The minimum Gasteiger partial charge on any atom is -0.813 e. The molecule has 0 aliphatic carbocycles. The lowest BCUT2D eigenvalue weighted by atomic mass is 11.7. The molecule has 0 radical (unpaired) electrons. The highest BCUT2D eigenvalue weighted by Crippen LogP contribution is 2.15. The molecule has 0 bridgehead atoms. The summed E-state index contributed by atoms with van der Waals surface area (Å²) >= 11 is 13.5. The molecule has 1 nitrogen and oxygen atoms in total. The molecule has 0 aromatic heterocycles. The topological polar surface area (TPSA) is 23.1 Å². The fourth-order valence-electron chi connectivity index (χ4n) is 0. The van der Waals surface area contributed by atoms with Crippen LogP contribution in [-0.2, 0) is 0 Å². The molecule has 4 heteroatoms. The van der Waals surface area contributed by atoms with Gasteiger partial charge in [-0.1, -0.05) is 0 Å². The third-order valence-corrected chi connectivity index (χ3v) is 0. The van der Waals surface area contributed by atoms with Gasteiger partial charge in [0.1, 0.15) is 3.98 Å². The summed E-state index contributed by atoms with van der Waals surface area (Å²) in [5, 5.41) is 9.40. The molecule has 0 aliphatic heterocycles. The van der Waals surface area contributed by atoms with Crippen molar-refractivity contribution in [1.29, 1.82) is 0 Å². The molecular weight excluding hydrogens is 134 g/mol. The second-order valence-electron chi connectivity index (χ2n) is 0.446. The van der Waals surface area contributed by atoms with E-state index in [9.17, 15) is 5.11 Å². The maximum atomic E-state index is 9.40. The smallest absolute Gasteiger partial charge is 0.123 e. The standard InChI is InChI=1S/CCl3O/c2-1(3,4)5/q-1. The van der Waals surface area contributed by atoms with Crippen molar-refractivity contribution in [2.24, 2.45) is 0 Å². The van der Waals surface area contributed by atoms with Crippen LogP contribution in [0, 0.1) is 0 Å². The van der Waals surface area contributed by atoms with Crippen LogP contribution in [0.2, 0.25) is 0 Å². The Bertz CT molecular complexity index is 22.4. The van der Waals surface area contributed by atoms with Crippen molar-refractivity contribution < 1.29 is 5.11 Å². The number of hydrogen-bond acceptors (Lipinski definition) is 1. The van der Waals surface area contributed by atoms with Gasteiger partial charge in [0, 0.05) is 0 Å². The predicted octanol–water partition coefficient (Wildman–Crippen LogP) is 0.674. The largest absolute Gasteiger partial charge is 0.813 e. The Morgan fingerprint density at radius 3 is 1.20 bits per heavy atom. The van der Waals surface area contributed by atoms with Gasteiger partial charge in [0.05, 0.1) is 0 Å². The van der Waals surface area contributed by atoms with E-state index in [-0.39, 0.29) is 0 Å². The zero-order valence-electron chi connectivity index (χ0n) is 2.04. The van der Waals surface area contributed by atoms with Crippen LogP contribution >= 0.6 is 34.8 Å². The molecule has 0 rings (SSSR count). The molecule has 5 heavy (non-hydrogen) atoms. The Balaban J connectivity index is 3.02. The number of rotatable bonds is 0. The molecule has 0 heterocycles.